The highest BCUT2D eigenvalue weighted by atomic mass is 16.6. The molecule has 1 fully saturated rings. The van der Waals surface area contributed by atoms with Gasteiger partial charge in [0, 0.05) is 24.4 Å². The van der Waals surface area contributed by atoms with Crippen LogP contribution < -0.4 is 30.2 Å². The third-order valence-electron chi connectivity index (χ3n) is 4.88. The van der Waals surface area contributed by atoms with Crippen LogP contribution in [0.1, 0.15) is 6.42 Å². The fourth-order valence-corrected chi connectivity index (χ4v) is 3.37. The van der Waals surface area contributed by atoms with E-state index >= 15 is 0 Å². The van der Waals surface area contributed by atoms with Gasteiger partial charge in [0.25, 0.3) is 0 Å². The molecule has 3 N–H and O–H groups in total. The number of nitrogen functional groups attached to an aromatic ring is 1. The number of nitrogens with zero attached hydrogens (tertiary/aromatic N) is 1. The van der Waals surface area contributed by atoms with E-state index in [1.165, 1.54) is 7.11 Å². The summed E-state index contributed by atoms with van der Waals surface area (Å²) < 4.78 is 16.2. The summed E-state index contributed by atoms with van der Waals surface area (Å²) in [6, 6.07) is 10.3. The number of rotatable bonds is 4. The largest absolute Gasteiger partial charge is 0.497 e. The van der Waals surface area contributed by atoms with Crippen molar-refractivity contribution >= 4 is 28.9 Å². The summed E-state index contributed by atoms with van der Waals surface area (Å²) in [5.41, 5.74) is 7.43. The van der Waals surface area contributed by atoms with Crippen LogP contribution in [0.15, 0.2) is 36.4 Å². The molecule has 4 rings (SSSR count). The average Bonchev–Trinajstić information content (AvgIpc) is 3.10. The second-order valence-electron chi connectivity index (χ2n) is 6.60. The molecule has 8 heteroatoms. The van der Waals surface area contributed by atoms with Crippen molar-refractivity contribution in [1.29, 1.82) is 0 Å². The number of methoxy groups -OCH3 is 1. The summed E-state index contributed by atoms with van der Waals surface area (Å²) in [7, 11) is 1.53. The molecule has 2 aliphatic rings. The molecule has 0 aliphatic carbocycles. The Kier molecular flexibility index (Phi) is 4.68. The van der Waals surface area contributed by atoms with Crippen molar-refractivity contribution in [3.05, 3.63) is 36.4 Å². The smallest absolute Gasteiger partial charge is 0.239 e. The van der Waals surface area contributed by atoms with Crippen molar-refractivity contribution in [3.63, 3.8) is 0 Å². The lowest BCUT2D eigenvalue weighted by Crippen LogP contribution is -2.33. The topological polar surface area (TPSA) is 103 Å². The molecule has 2 aliphatic heterocycles. The van der Waals surface area contributed by atoms with E-state index in [-0.39, 0.29) is 11.8 Å². The van der Waals surface area contributed by atoms with Crippen LogP contribution in [0.25, 0.3) is 0 Å². The quantitative estimate of drug-likeness (QED) is 0.619. The lowest BCUT2D eigenvalue weighted by atomic mass is 10.1. The Balaban J connectivity index is 1.49. The fourth-order valence-electron chi connectivity index (χ4n) is 3.37. The molecule has 0 bridgehead atoms. The van der Waals surface area contributed by atoms with Crippen LogP contribution in [0.3, 0.4) is 0 Å². The van der Waals surface area contributed by atoms with Gasteiger partial charge in [-0.15, -0.1) is 0 Å². The average molecular weight is 383 g/mol. The van der Waals surface area contributed by atoms with Crippen LogP contribution in [0, 0.1) is 5.92 Å². The zero-order valence-corrected chi connectivity index (χ0v) is 15.4. The maximum absolute atomic E-state index is 12.9. The number of carbonyl (C=O) groups excluding carboxylic acids is 2. The number of benzene rings is 2. The fraction of sp³-hybridized carbons (Fsp3) is 0.300. The Hall–Kier alpha value is -3.42. The van der Waals surface area contributed by atoms with E-state index in [0.717, 1.165) is 0 Å². The van der Waals surface area contributed by atoms with Crippen molar-refractivity contribution in [2.24, 2.45) is 5.92 Å². The van der Waals surface area contributed by atoms with Crippen molar-refractivity contribution in [2.75, 3.05) is 42.8 Å². The van der Waals surface area contributed by atoms with Gasteiger partial charge in [-0.05, 0) is 30.7 Å². The van der Waals surface area contributed by atoms with Crippen molar-refractivity contribution < 1.29 is 23.8 Å². The second kappa shape index (κ2) is 7.30. The second-order valence-corrected chi connectivity index (χ2v) is 6.60. The molecular formula is C20H21N3O5. The minimum absolute atomic E-state index is 0.254. The van der Waals surface area contributed by atoms with Crippen molar-refractivity contribution in [2.45, 2.75) is 6.42 Å². The van der Waals surface area contributed by atoms with E-state index in [4.69, 9.17) is 19.9 Å². The van der Waals surface area contributed by atoms with E-state index in [9.17, 15) is 9.59 Å². The van der Waals surface area contributed by atoms with E-state index in [1.807, 2.05) is 0 Å². The molecule has 0 radical (unpaired) electrons. The van der Waals surface area contributed by atoms with Crippen molar-refractivity contribution in [1.82, 2.24) is 0 Å². The van der Waals surface area contributed by atoms with E-state index in [0.29, 0.717) is 60.5 Å². The maximum Gasteiger partial charge on any atom is 0.239 e. The predicted molar refractivity (Wildman–Crippen MR) is 104 cm³/mol. The standard InChI is InChI=1S/C20H21N3O5/c1-26-13-3-4-15(21)16(11-13)22-19(24)14-6-7-23(20(14)25)12-2-5-17-18(10-12)28-9-8-27-17/h2-5,10-11,14H,6-9,21H2,1H3,(H,22,24). The van der Waals surface area contributed by atoms with Gasteiger partial charge in [0.15, 0.2) is 11.5 Å². The Bertz CT molecular complexity index is 930. The summed E-state index contributed by atoms with van der Waals surface area (Å²) in [6.07, 6.45) is 0.420. The third kappa shape index (κ3) is 3.28. The minimum Gasteiger partial charge on any atom is -0.497 e. The summed E-state index contributed by atoms with van der Waals surface area (Å²) in [5, 5.41) is 2.74. The monoisotopic (exact) mass is 383 g/mol. The molecule has 2 amide bonds. The van der Waals surface area contributed by atoms with Gasteiger partial charge < -0.3 is 30.2 Å². The van der Waals surface area contributed by atoms with Crippen LogP contribution in [0.2, 0.25) is 0 Å². The zero-order valence-electron chi connectivity index (χ0n) is 15.4. The van der Waals surface area contributed by atoms with Gasteiger partial charge in [-0.1, -0.05) is 0 Å². The normalized spacial score (nSPS) is 18.1. The summed E-state index contributed by atoms with van der Waals surface area (Å²) in [4.78, 5) is 27.1. The SMILES string of the molecule is COc1ccc(N)c(NC(=O)C2CCN(c3ccc4c(c3)OCCO4)C2=O)c1. The first-order chi connectivity index (χ1) is 13.6. The lowest BCUT2D eigenvalue weighted by Gasteiger charge is -2.22. The highest BCUT2D eigenvalue weighted by Gasteiger charge is 2.38. The summed E-state index contributed by atoms with van der Waals surface area (Å²) in [6.45, 7) is 1.42. The number of ether oxygens (including phenoxy) is 3. The molecule has 146 valence electrons. The summed E-state index contributed by atoms with van der Waals surface area (Å²) in [5.74, 6) is 0.414. The van der Waals surface area contributed by atoms with Gasteiger partial charge >= 0.3 is 0 Å². The predicted octanol–water partition coefficient (Wildman–Crippen LogP) is 2.04. The molecule has 0 saturated carbocycles. The molecule has 1 saturated heterocycles. The molecule has 1 atom stereocenters. The first kappa shape index (κ1) is 18.0. The Morgan fingerprint density at radius 1 is 1.18 bits per heavy atom. The molecular weight excluding hydrogens is 362 g/mol. The molecule has 28 heavy (non-hydrogen) atoms. The molecule has 0 aromatic heterocycles. The number of nitrogens with two attached hydrogens (primary N) is 1. The van der Waals surface area contributed by atoms with Crippen molar-refractivity contribution in [3.8, 4) is 17.2 Å². The maximum atomic E-state index is 12.9. The number of nitrogens with one attached hydrogen (secondary N) is 1. The molecule has 8 nitrogen and oxygen atoms in total. The highest BCUT2D eigenvalue weighted by Crippen LogP contribution is 2.36. The number of carbonyl (C=O) groups is 2. The van der Waals surface area contributed by atoms with Crippen LogP contribution in [-0.2, 0) is 9.59 Å². The first-order valence-corrected chi connectivity index (χ1v) is 9.02. The number of hydrogen-bond acceptors (Lipinski definition) is 6. The number of amides is 2. The highest BCUT2D eigenvalue weighted by molar-refractivity contribution is 6.14. The van der Waals surface area contributed by atoms with Crippen LogP contribution in [-0.4, -0.2) is 38.7 Å². The van der Waals surface area contributed by atoms with Gasteiger partial charge in [0.2, 0.25) is 11.8 Å². The zero-order chi connectivity index (χ0) is 19.7. The number of fused-ring (bicyclic) bond motifs is 1. The van der Waals surface area contributed by atoms with E-state index in [2.05, 4.69) is 5.32 Å². The summed E-state index contributed by atoms with van der Waals surface area (Å²) >= 11 is 0. The Labute approximate surface area is 162 Å². The van der Waals surface area contributed by atoms with E-state index in [1.54, 1.807) is 41.3 Å². The van der Waals surface area contributed by atoms with Gasteiger partial charge in [-0.3, -0.25) is 9.59 Å². The van der Waals surface area contributed by atoms with Crippen LogP contribution >= 0.6 is 0 Å². The minimum atomic E-state index is -0.779. The molecule has 1 unspecified atom stereocenters. The molecule has 0 spiro atoms. The third-order valence-corrected chi connectivity index (χ3v) is 4.88. The van der Waals surface area contributed by atoms with Crippen LogP contribution in [0.5, 0.6) is 17.2 Å². The Morgan fingerprint density at radius 2 is 1.96 bits per heavy atom. The molecule has 2 aromatic rings. The Morgan fingerprint density at radius 3 is 2.75 bits per heavy atom. The lowest BCUT2D eigenvalue weighted by molar-refractivity contribution is -0.129. The van der Waals surface area contributed by atoms with Gasteiger partial charge in [-0.2, -0.15) is 0 Å². The number of hydrogen-bond donors (Lipinski definition) is 2. The van der Waals surface area contributed by atoms with Gasteiger partial charge in [-0.25, -0.2) is 0 Å². The molecule has 2 heterocycles. The molecule has 2 aromatic carbocycles. The van der Waals surface area contributed by atoms with Gasteiger partial charge in [0.05, 0.1) is 18.5 Å². The van der Waals surface area contributed by atoms with E-state index < -0.39 is 5.92 Å². The van der Waals surface area contributed by atoms with Crippen LogP contribution in [0.4, 0.5) is 17.1 Å². The first-order valence-electron chi connectivity index (χ1n) is 9.02. The van der Waals surface area contributed by atoms with Gasteiger partial charge in [0.1, 0.15) is 24.9 Å². The number of anilines is 3.